The van der Waals surface area contributed by atoms with E-state index in [1.54, 1.807) is 0 Å². The summed E-state index contributed by atoms with van der Waals surface area (Å²) in [4.78, 5) is 10.4. The summed E-state index contributed by atoms with van der Waals surface area (Å²) in [5.74, 6) is 5.45. The molecule has 0 aliphatic heterocycles. The van der Waals surface area contributed by atoms with Gasteiger partial charge in [0, 0.05) is 6.42 Å². The molecule has 1 aliphatic rings. The molecule has 0 aromatic carbocycles. The van der Waals surface area contributed by atoms with Crippen LogP contribution in [-0.4, -0.2) is 5.91 Å². The lowest BCUT2D eigenvalue weighted by molar-refractivity contribution is -0.121. The van der Waals surface area contributed by atoms with Crippen molar-refractivity contribution < 1.29 is 4.79 Å². The SMILES string of the molecule is NNC(=O)CC1CC1. The topological polar surface area (TPSA) is 55.1 Å². The Morgan fingerprint density at radius 2 is 2.38 bits per heavy atom. The molecule has 46 valence electrons. The molecule has 1 saturated carbocycles. The lowest BCUT2D eigenvalue weighted by Gasteiger charge is -1.92. The van der Waals surface area contributed by atoms with Gasteiger partial charge in [0.25, 0.3) is 0 Å². The van der Waals surface area contributed by atoms with Crippen molar-refractivity contribution in [3.8, 4) is 0 Å². The molecule has 0 aromatic rings. The number of nitrogens with two attached hydrogens (primary N) is 1. The Kier molecular flexibility index (Phi) is 1.48. The molecular weight excluding hydrogens is 104 g/mol. The first-order valence-electron chi connectivity index (χ1n) is 2.82. The average Bonchev–Trinajstić information content (AvgIpc) is 2.50. The van der Waals surface area contributed by atoms with E-state index in [1.807, 2.05) is 0 Å². The molecule has 0 heterocycles. The van der Waals surface area contributed by atoms with Gasteiger partial charge in [-0.25, -0.2) is 5.84 Å². The van der Waals surface area contributed by atoms with Crippen molar-refractivity contribution in [2.45, 2.75) is 19.3 Å². The van der Waals surface area contributed by atoms with Crippen LogP contribution in [0.2, 0.25) is 0 Å². The molecule has 0 aromatic heterocycles. The Morgan fingerprint density at radius 3 is 2.75 bits per heavy atom. The number of rotatable bonds is 2. The first kappa shape index (κ1) is 5.56. The smallest absolute Gasteiger partial charge is 0.234 e. The van der Waals surface area contributed by atoms with Crippen LogP contribution in [0.15, 0.2) is 0 Å². The number of carbonyl (C=O) groups excluding carboxylic acids is 1. The summed E-state index contributed by atoms with van der Waals surface area (Å²) >= 11 is 0. The average molecular weight is 114 g/mol. The number of nitrogens with one attached hydrogen (secondary N) is 1. The highest BCUT2D eigenvalue weighted by molar-refractivity contribution is 5.75. The summed E-state index contributed by atoms with van der Waals surface area (Å²) in [7, 11) is 0. The van der Waals surface area contributed by atoms with Crippen molar-refractivity contribution in [2.24, 2.45) is 11.8 Å². The molecule has 1 amide bonds. The number of carbonyl (C=O) groups is 1. The van der Waals surface area contributed by atoms with E-state index in [0.29, 0.717) is 12.3 Å². The standard InChI is InChI=1S/C5H10N2O/c6-7-5(8)3-4-1-2-4/h4H,1-3,6H2,(H,7,8). The van der Waals surface area contributed by atoms with Crippen molar-refractivity contribution in [1.29, 1.82) is 0 Å². The van der Waals surface area contributed by atoms with E-state index >= 15 is 0 Å². The van der Waals surface area contributed by atoms with Crippen LogP contribution in [0.1, 0.15) is 19.3 Å². The maximum Gasteiger partial charge on any atom is 0.234 e. The third kappa shape index (κ3) is 1.50. The second-order valence-electron chi connectivity index (χ2n) is 2.22. The molecule has 0 saturated heterocycles. The Bertz CT molecular complexity index is 98.6. The summed E-state index contributed by atoms with van der Waals surface area (Å²) < 4.78 is 0. The Morgan fingerprint density at radius 1 is 1.75 bits per heavy atom. The van der Waals surface area contributed by atoms with E-state index in [0.717, 1.165) is 0 Å². The van der Waals surface area contributed by atoms with Crippen LogP contribution in [0.4, 0.5) is 0 Å². The van der Waals surface area contributed by atoms with Gasteiger partial charge in [-0.05, 0) is 18.8 Å². The third-order valence-corrected chi connectivity index (χ3v) is 1.33. The minimum absolute atomic E-state index is 0.0347. The van der Waals surface area contributed by atoms with Crippen LogP contribution in [0.5, 0.6) is 0 Å². The maximum absolute atomic E-state index is 10.4. The van der Waals surface area contributed by atoms with Crippen LogP contribution in [0.25, 0.3) is 0 Å². The fourth-order valence-corrected chi connectivity index (χ4v) is 0.643. The molecule has 3 nitrogen and oxygen atoms in total. The van der Waals surface area contributed by atoms with E-state index in [1.165, 1.54) is 12.8 Å². The van der Waals surface area contributed by atoms with Gasteiger partial charge in [-0.1, -0.05) is 0 Å². The molecule has 3 N–H and O–H groups in total. The van der Waals surface area contributed by atoms with Crippen molar-refractivity contribution in [2.75, 3.05) is 0 Å². The maximum atomic E-state index is 10.4. The monoisotopic (exact) mass is 114 g/mol. The highest BCUT2D eigenvalue weighted by atomic mass is 16.2. The summed E-state index contributed by atoms with van der Waals surface area (Å²) in [6.45, 7) is 0. The van der Waals surface area contributed by atoms with Gasteiger partial charge in [-0.3, -0.25) is 10.2 Å². The molecular formula is C5H10N2O. The summed E-state index contributed by atoms with van der Waals surface area (Å²) in [6.07, 6.45) is 3.03. The van der Waals surface area contributed by atoms with Crippen molar-refractivity contribution in [3.63, 3.8) is 0 Å². The summed E-state index contributed by atoms with van der Waals surface area (Å²) in [5.41, 5.74) is 2.10. The van der Waals surface area contributed by atoms with Gasteiger partial charge in [0.05, 0.1) is 0 Å². The lowest BCUT2D eigenvalue weighted by atomic mass is 10.3. The number of amides is 1. The van der Waals surface area contributed by atoms with Crippen LogP contribution >= 0.6 is 0 Å². The fraction of sp³-hybridized carbons (Fsp3) is 0.800. The van der Waals surface area contributed by atoms with Crippen LogP contribution in [-0.2, 0) is 4.79 Å². The van der Waals surface area contributed by atoms with Gasteiger partial charge in [-0.15, -0.1) is 0 Å². The predicted octanol–water partition coefficient (Wildman–Crippen LogP) is -0.224. The molecule has 0 spiro atoms. The van der Waals surface area contributed by atoms with Gasteiger partial charge < -0.3 is 0 Å². The molecule has 8 heavy (non-hydrogen) atoms. The van der Waals surface area contributed by atoms with E-state index in [4.69, 9.17) is 5.84 Å². The minimum atomic E-state index is -0.0347. The second kappa shape index (κ2) is 2.13. The Hall–Kier alpha value is -0.570. The highest BCUT2D eigenvalue weighted by Gasteiger charge is 2.23. The van der Waals surface area contributed by atoms with Gasteiger partial charge in [0.2, 0.25) is 5.91 Å². The molecule has 1 aliphatic carbocycles. The number of hydrogen-bond acceptors (Lipinski definition) is 2. The van der Waals surface area contributed by atoms with E-state index < -0.39 is 0 Å². The first-order chi connectivity index (χ1) is 3.83. The van der Waals surface area contributed by atoms with E-state index in [-0.39, 0.29) is 5.91 Å². The van der Waals surface area contributed by atoms with Crippen molar-refractivity contribution in [3.05, 3.63) is 0 Å². The zero-order valence-electron chi connectivity index (χ0n) is 4.68. The number of hydrogen-bond donors (Lipinski definition) is 2. The van der Waals surface area contributed by atoms with Gasteiger partial charge >= 0.3 is 0 Å². The van der Waals surface area contributed by atoms with Crippen LogP contribution in [0, 0.1) is 5.92 Å². The fourth-order valence-electron chi connectivity index (χ4n) is 0.643. The molecule has 0 unspecified atom stereocenters. The van der Waals surface area contributed by atoms with Gasteiger partial charge in [0.15, 0.2) is 0 Å². The lowest BCUT2D eigenvalue weighted by Crippen LogP contribution is -2.29. The molecule has 1 fully saturated rings. The number of hydrazine groups is 1. The minimum Gasteiger partial charge on any atom is -0.294 e. The van der Waals surface area contributed by atoms with E-state index in [2.05, 4.69) is 5.43 Å². The first-order valence-corrected chi connectivity index (χ1v) is 2.82. The highest BCUT2D eigenvalue weighted by Crippen LogP contribution is 2.31. The molecule has 0 radical (unpaired) electrons. The van der Waals surface area contributed by atoms with E-state index in [9.17, 15) is 4.79 Å². The zero-order chi connectivity index (χ0) is 5.98. The van der Waals surface area contributed by atoms with Crippen molar-refractivity contribution in [1.82, 2.24) is 5.43 Å². The predicted molar refractivity (Wildman–Crippen MR) is 29.7 cm³/mol. The van der Waals surface area contributed by atoms with Crippen molar-refractivity contribution >= 4 is 5.91 Å². The van der Waals surface area contributed by atoms with Crippen LogP contribution in [0.3, 0.4) is 0 Å². The zero-order valence-corrected chi connectivity index (χ0v) is 4.68. The molecule has 3 heteroatoms. The molecule has 0 bridgehead atoms. The Labute approximate surface area is 48.2 Å². The van der Waals surface area contributed by atoms with Gasteiger partial charge in [-0.2, -0.15) is 0 Å². The molecule has 1 rings (SSSR count). The van der Waals surface area contributed by atoms with Crippen LogP contribution < -0.4 is 11.3 Å². The quantitative estimate of drug-likeness (QED) is 0.296. The largest absolute Gasteiger partial charge is 0.294 e. The Balaban J connectivity index is 2.07. The summed E-state index contributed by atoms with van der Waals surface area (Å²) in [6, 6.07) is 0. The third-order valence-electron chi connectivity index (χ3n) is 1.33. The molecule has 0 atom stereocenters. The second-order valence-corrected chi connectivity index (χ2v) is 2.22. The summed E-state index contributed by atoms with van der Waals surface area (Å²) in [5, 5.41) is 0. The van der Waals surface area contributed by atoms with Gasteiger partial charge in [0.1, 0.15) is 0 Å². The normalized spacial score (nSPS) is 18.1.